The van der Waals surface area contributed by atoms with Gasteiger partial charge in [-0.2, -0.15) is 0 Å². The van der Waals surface area contributed by atoms with Crippen LogP contribution in [-0.2, 0) is 9.59 Å². The zero-order valence-electron chi connectivity index (χ0n) is 16.6. The van der Waals surface area contributed by atoms with Crippen LogP contribution in [0.5, 0.6) is 5.75 Å². The van der Waals surface area contributed by atoms with Gasteiger partial charge in [-0.1, -0.05) is 38.1 Å². The second-order valence-electron chi connectivity index (χ2n) is 6.81. The third-order valence-electron chi connectivity index (χ3n) is 4.55. The van der Waals surface area contributed by atoms with E-state index >= 15 is 0 Å². The Hall–Kier alpha value is -2.82. The number of aryl methyl sites for hydroxylation is 1. The molecule has 0 spiro atoms. The highest BCUT2D eigenvalue weighted by atomic mass is 16.5. The first kappa shape index (κ1) is 20.5. The van der Waals surface area contributed by atoms with Crippen LogP contribution in [0.1, 0.15) is 51.2 Å². The summed E-state index contributed by atoms with van der Waals surface area (Å²) in [6.07, 6.45) is 0.344. The van der Waals surface area contributed by atoms with Crippen molar-refractivity contribution in [3.8, 4) is 5.75 Å². The average molecular weight is 368 g/mol. The van der Waals surface area contributed by atoms with Crippen LogP contribution < -0.4 is 15.4 Å². The molecule has 0 bridgehead atoms. The van der Waals surface area contributed by atoms with Crippen molar-refractivity contribution in [3.63, 3.8) is 0 Å². The maximum Gasteiger partial charge on any atom is 0.265 e. The van der Waals surface area contributed by atoms with Gasteiger partial charge in [0.2, 0.25) is 5.91 Å². The van der Waals surface area contributed by atoms with Gasteiger partial charge in [0.15, 0.2) is 6.10 Å². The van der Waals surface area contributed by atoms with Crippen LogP contribution in [0.4, 0.5) is 11.4 Å². The van der Waals surface area contributed by atoms with E-state index in [1.54, 1.807) is 19.1 Å². The Labute approximate surface area is 161 Å². The molecule has 0 saturated heterocycles. The maximum absolute atomic E-state index is 12.6. The van der Waals surface area contributed by atoms with Crippen LogP contribution in [0.15, 0.2) is 42.5 Å². The standard InChI is InChI=1S/C22H28N2O3/c1-6-14(2)19-9-7-8-10-21(19)27-16(4)22(26)24-18-12-11-15(3)20(13-18)23-17(5)25/h7-14,16H,6H2,1-5H3,(H,23,25)(H,24,26). The molecule has 2 aromatic rings. The third-order valence-corrected chi connectivity index (χ3v) is 4.55. The van der Waals surface area contributed by atoms with Gasteiger partial charge in [-0.25, -0.2) is 0 Å². The number of hydrogen-bond donors (Lipinski definition) is 2. The topological polar surface area (TPSA) is 67.4 Å². The molecule has 0 aliphatic carbocycles. The molecule has 2 amide bonds. The molecule has 2 atom stereocenters. The van der Waals surface area contributed by atoms with E-state index in [1.807, 2.05) is 37.3 Å². The fourth-order valence-electron chi connectivity index (χ4n) is 2.73. The van der Waals surface area contributed by atoms with Gasteiger partial charge in [0.25, 0.3) is 5.91 Å². The molecule has 0 fully saturated rings. The van der Waals surface area contributed by atoms with Crippen LogP contribution in [0.25, 0.3) is 0 Å². The summed E-state index contributed by atoms with van der Waals surface area (Å²) in [5.41, 5.74) is 3.31. The Bertz CT molecular complexity index is 817. The van der Waals surface area contributed by atoms with Gasteiger partial charge in [-0.3, -0.25) is 9.59 Å². The highest BCUT2D eigenvalue weighted by molar-refractivity contribution is 5.96. The van der Waals surface area contributed by atoms with E-state index in [4.69, 9.17) is 4.74 Å². The van der Waals surface area contributed by atoms with Gasteiger partial charge in [0, 0.05) is 18.3 Å². The van der Waals surface area contributed by atoms with Crippen molar-refractivity contribution < 1.29 is 14.3 Å². The zero-order valence-corrected chi connectivity index (χ0v) is 16.6. The van der Waals surface area contributed by atoms with Crippen LogP contribution in [-0.4, -0.2) is 17.9 Å². The molecule has 0 radical (unpaired) electrons. The molecule has 2 rings (SSSR count). The van der Waals surface area contributed by atoms with E-state index in [1.165, 1.54) is 6.92 Å². The summed E-state index contributed by atoms with van der Waals surface area (Å²) in [5, 5.41) is 5.61. The lowest BCUT2D eigenvalue weighted by Gasteiger charge is -2.20. The van der Waals surface area contributed by atoms with Crippen molar-refractivity contribution in [1.29, 1.82) is 0 Å². The minimum Gasteiger partial charge on any atom is -0.481 e. The van der Waals surface area contributed by atoms with Gasteiger partial charge < -0.3 is 15.4 Å². The molecule has 0 heterocycles. The monoisotopic (exact) mass is 368 g/mol. The van der Waals surface area contributed by atoms with Crippen molar-refractivity contribution in [2.75, 3.05) is 10.6 Å². The van der Waals surface area contributed by atoms with E-state index in [-0.39, 0.29) is 11.8 Å². The van der Waals surface area contributed by atoms with Gasteiger partial charge in [0.1, 0.15) is 5.75 Å². The molecule has 0 aromatic heterocycles. The van der Waals surface area contributed by atoms with Crippen molar-refractivity contribution in [1.82, 2.24) is 0 Å². The Morgan fingerprint density at radius 1 is 1.07 bits per heavy atom. The normalized spacial score (nSPS) is 12.8. The van der Waals surface area contributed by atoms with Crippen LogP contribution in [0.3, 0.4) is 0 Å². The lowest BCUT2D eigenvalue weighted by molar-refractivity contribution is -0.122. The SMILES string of the molecule is CCC(C)c1ccccc1OC(C)C(=O)Nc1ccc(C)c(NC(C)=O)c1. The lowest BCUT2D eigenvalue weighted by atomic mass is 9.98. The molecule has 0 aliphatic rings. The molecule has 5 heteroatoms. The van der Waals surface area contributed by atoms with Crippen molar-refractivity contribution in [2.45, 2.75) is 53.1 Å². The van der Waals surface area contributed by atoms with E-state index in [0.717, 1.165) is 23.3 Å². The first-order valence-corrected chi connectivity index (χ1v) is 9.26. The van der Waals surface area contributed by atoms with E-state index in [2.05, 4.69) is 24.5 Å². The predicted molar refractivity (Wildman–Crippen MR) is 109 cm³/mol. The molecule has 27 heavy (non-hydrogen) atoms. The number of amides is 2. The fraction of sp³-hybridized carbons (Fsp3) is 0.364. The Kier molecular flexibility index (Phi) is 6.99. The largest absolute Gasteiger partial charge is 0.481 e. The van der Waals surface area contributed by atoms with Crippen molar-refractivity contribution in [2.24, 2.45) is 0 Å². The molecular weight excluding hydrogens is 340 g/mol. The van der Waals surface area contributed by atoms with Gasteiger partial charge in [-0.05, 0) is 55.5 Å². The number of para-hydroxylation sites is 1. The molecule has 144 valence electrons. The summed E-state index contributed by atoms with van der Waals surface area (Å²) in [6, 6.07) is 13.2. The summed E-state index contributed by atoms with van der Waals surface area (Å²) >= 11 is 0. The van der Waals surface area contributed by atoms with Crippen LogP contribution >= 0.6 is 0 Å². The maximum atomic E-state index is 12.6. The van der Waals surface area contributed by atoms with Gasteiger partial charge >= 0.3 is 0 Å². The van der Waals surface area contributed by atoms with Crippen molar-refractivity contribution in [3.05, 3.63) is 53.6 Å². The molecule has 0 saturated carbocycles. The number of rotatable bonds is 7. The first-order valence-electron chi connectivity index (χ1n) is 9.26. The third kappa shape index (κ3) is 5.58. The van der Waals surface area contributed by atoms with Gasteiger partial charge in [0.05, 0.1) is 0 Å². The Morgan fingerprint density at radius 3 is 2.44 bits per heavy atom. The highest BCUT2D eigenvalue weighted by Crippen LogP contribution is 2.29. The zero-order chi connectivity index (χ0) is 20.0. The van der Waals surface area contributed by atoms with E-state index < -0.39 is 6.10 Å². The number of ether oxygens (including phenoxy) is 1. The number of hydrogen-bond acceptors (Lipinski definition) is 3. The summed E-state index contributed by atoms with van der Waals surface area (Å²) in [4.78, 5) is 23.9. The highest BCUT2D eigenvalue weighted by Gasteiger charge is 2.18. The second kappa shape index (κ2) is 9.21. The Morgan fingerprint density at radius 2 is 1.78 bits per heavy atom. The fourth-order valence-corrected chi connectivity index (χ4v) is 2.73. The quantitative estimate of drug-likeness (QED) is 0.732. The average Bonchev–Trinajstić information content (AvgIpc) is 2.63. The minimum atomic E-state index is -0.652. The predicted octanol–water partition coefficient (Wildman–Crippen LogP) is 4.87. The summed E-state index contributed by atoms with van der Waals surface area (Å²) in [6.45, 7) is 9.35. The second-order valence-corrected chi connectivity index (χ2v) is 6.81. The van der Waals surface area contributed by atoms with Gasteiger partial charge in [-0.15, -0.1) is 0 Å². The first-order chi connectivity index (χ1) is 12.8. The van der Waals surface area contributed by atoms with E-state index in [0.29, 0.717) is 17.3 Å². The molecular formula is C22H28N2O3. The van der Waals surface area contributed by atoms with E-state index in [9.17, 15) is 9.59 Å². The number of nitrogens with one attached hydrogen (secondary N) is 2. The summed E-state index contributed by atoms with van der Waals surface area (Å²) in [7, 11) is 0. The summed E-state index contributed by atoms with van der Waals surface area (Å²) in [5.74, 6) is 0.692. The number of benzene rings is 2. The minimum absolute atomic E-state index is 0.153. The van der Waals surface area contributed by atoms with Crippen LogP contribution in [0, 0.1) is 6.92 Å². The molecule has 2 aromatic carbocycles. The number of carbonyl (C=O) groups excluding carboxylic acids is 2. The van der Waals surface area contributed by atoms with Crippen LogP contribution in [0.2, 0.25) is 0 Å². The smallest absolute Gasteiger partial charge is 0.265 e. The van der Waals surface area contributed by atoms with Crippen molar-refractivity contribution >= 4 is 23.2 Å². The molecule has 0 aliphatic heterocycles. The molecule has 2 unspecified atom stereocenters. The summed E-state index contributed by atoms with van der Waals surface area (Å²) < 4.78 is 5.94. The molecule has 2 N–H and O–H groups in total. The number of carbonyl (C=O) groups is 2. The Balaban J connectivity index is 2.10. The molecule has 5 nitrogen and oxygen atoms in total. The lowest BCUT2D eigenvalue weighted by Crippen LogP contribution is -2.30. The number of anilines is 2.